The second kappa shape index (κ2) is 5.72. The molecular weight excluding hydrogens is 240 g/mol. The molecule has 0 spiro atoms. The van der Waals surface area contributed by atoms with Gasteiger partial charge >= 0.3 is 0 Å². The second-order valence-corrected chi connectivity index (χ2v) is 6.45. The highest BCUT2D eigenvalue weighted by Crippen LogP contribution is 2.25. The molecule has 1 aliphatic rings. The van der Waals surface area contributed by atoms with Gasteiger partial charge in [-0.05, 0) is 48.6 Å². The Morgan fingerprint density at radius 2 is 2.11 bits per heavy atom. The number of nitrogens with one attached hydrogen (secondary N) is 1. The first-order valence-corrected chi connectivity index (χ1v) is 8.05. The van der Waals surface area contributed by atoms with Gasteiger partial charge in [0.1, 0.15) is 0 Å². The summed E-state index contributed by atoms with van der Waals surface area (Å²) in [4.78, 5) is 2.65. The normalized spacial score (nSPS) is 24.3. The fourth-order valence-electron chi connectivity index (χ4n) is 2.80. The van der Waals surface area contributed by atoms with Crippen LogP contribution in [0.3, 0.4) is 0 Å². The van der Waals surface area contributed by atoms with Crippen LogP contribution in [0, 0.1) is 6.92 Å². The van der Waals surface area contributed by atoms with E-state index in [1.807, 2.05) is 11.3 Å². The molecule has 0 saturated carbocycles. The molecule has 0 radical (unpaired) electrons. The molecule has 1 N–H and O–H groups in total. The highest BCUT2D eigenvalue weighted by Gasteiger charge is 2.34. The van der Waals surface area contributed by atoms with Crippen molar-refractivity contribution >= 4 is 11.3 Å². The lowest BCUT2D eigenvalue weighted by atomic mass is 9.88. The van der Waals surface area contributed by atoms with Crippen LogP contribution in [0.25, 0.3) is 0 Å². The van der Waals surface area contributed by atoms with E-state index in [1.54, 1.807) is 0 Å². The molecule has 2 nitrogen and oxygen atoms in total. The van der Waals surface area contributed by atoms with Crippen molar-refractivity contribution < 1.29 is 0 Å². The molecule has 0 aliphatic carbocycles. The van der Waals surface area contributed by atoms with Crippen molar-refractivity contribution in [2.75, 3.05) is 13.1 Å². The summed E-state index contributed by atoms with van der Waals surface area (Å²) >= 11 is 1.83. The van der Waals surface area contributed by atoms with Crippen LogP contribution in [0.15, 0.2) is 10.8 Å². The maximum Gasteiger partial charge on any atom is 0.0304 e. The van der Waals surface area contributed by atoms with Gasteiger partial charge in [-0.15, -0.1) is 0 Å². The predicted molar refractivity (Wildman–Crippen MR) is 80.2 cm³/mol. The van der Waals surface area contributed by atoms with Gasteiger partial charge in [0.25, 0.3) is 0 Å². The molecule has 0 aromatic carbocycles. The molecule has 2 heterocycles. The Kier molecular flexibility index (Phi) is 4.46. The minimum absolute atomic E-state index is 0.330. The van der Waals surface area contributed by atoms with Gasteiger partial charge in [-0.1, -0.05) is 13.8 Å². The molecule has 3 heteroatoms. The van der Waals surface area contributed by atoms with E-state index in [9.17, 15) is 0 Å². The first-order valence-electron chi connectivity index (χ1n) is 7.11. The van der Waals surface area contributed by atoms with E-state index in [-0.39, 0.29) is 0 Å². The molecule has 1 saturated heterocycles. The van der Waals surface area contributed by atoms with Gasteiger partial charge in [0.15, 0.2) is 0 Å². The summed E-state index contributed by atoms with van der Waals surface area (Å²) in [5, 5.41) is 8.34. The van der Waals surface area contributed by atoms with Gasteiger partial charge in [-0.25, -0.2) is 0 Å². The zero-order chi connectivity index (χ0) is 13.2. The van der Waals surface area contributed by atoms with Crippen molar-refractivity contribution in [2.24, 2.45) is 0 Å². The summed E-state index contributed by atoms with van der Waals surface area (Å²) < 4.78 is 0. The van der Waals surface area contributed by atoms with Gasteiger partial charge in [-0.3, -0.25) is 4.90 Å². The number of nitrogens with zero attached hydrogens (tertiary/aromatic N) is 1. The Labute approximate surface area is 115 Å². The molecule has 2 rings (SSSR count). The van der Waals surface area contributed by atoms with Crippen molar-refractivity contribution in [1.82, 2.24) is 10.2 Å². The van der Waals surface area contributed by atoms with Crippen molar-refractivity contribution in [1.29, 1.82) is 0 Å². The molecule has 1 atom stereocenters. The quantitative estimate of drug-likeness (QED) is 0.898. The summed E-state index contributed by atoms with van der Waals surface area (Å²) in [5.74, 6) is 0. The predicted octanol–water partition coefficient (Wildman–Crippen LogP) is 3.41. The molecule has 102 valence electrons. The number of piperazine rings is 1. The largest absolute Gasteiger partial charge is 0.308 e. The Balaban J connectivity index is 2.08. The van der Waals surface area contributed by atoms with E-state index in [0.29, 0.717) is 11.6 Å². The van der Waals surface area contributed by atoms with E-state index in [2.05, 4.69) is 48.7 Å². The lowest BCUT2D eigenvalue weighted by Crippen LogP contribution is -2.62. The van der Waals surface area contributed by atoms with E-state index < -0.39 is 0 Å². The third-order valence-electron chi connectivity index (χ3n) is 4.59. The molecule has 18 heavy (non-hydrogen) atoms. The van der Waals surface area contributed by atoms with Crippen LogP contribution < -0.4 is 5.32 Å². The molecule has 1 aromatic heterocycles. The maximum absolute atomic E-state index is 3.77. The highest BCUT2D eigenvalue weighted by atomic mass is 32.1. The first-order chi connectivity index (χ1) is 8.60. The minimum Gasteiger partial charge on any atom is -0.308 e. The standard InChI is InChI=1S/C15H26N2S/c1-5-15(6-2)11-17(13(4)7-16-15)8-14-10-18-9-12(14)3/h9-10,13,16H,5-8,11H2,1-4H3. The second-order valence-electron chi connectivity index (χ2n) is 5.70. The zero-order valence-electron chi connectivity index (χ0n) is 12.1. The molecule has 1 aromatic rings. The van der Waals surface area contributed by atoms with E-state index >= 15 is 0 Å². The van der Waals surface area contributed by atoms with Crippen LogP contribution in [-0.2, 0) is 6.54 Å². The first kappa shape index (κ1) is 14.0. The topological polar surface area (TPSA) is 15.3 Å². The fourth-order valence-corrected chi connectivity index (χ4v) is 3.65. The van der Waals surface area contributed by atoms with Crippen LogP contribution in [0.1, 0.15) is 44.7 Å². The summed E-state index contributed by atoms with van der Waals surface area (Å²) in [5.41, 5.74) is 3.29. The smallest absolute Gasteiger partial charge is 0.0304 e. The van der Waals surface area contributed by atoms with Crippen molar-refractivity contribution in [2.45, 2.75) is 58.7 Å². The van der Waals surface area contributed by atoms with Crippen LogP contribution in [0.5, 0.6) is 0 Å². The summed E-state index contributed by atoms with van der Waals surface area (Å²) in [6.07, 6.45) is 2.44. The fraction of sp³-hybridized carbons (Fsp3) is 0.733. The average molecular weight is 266 g/mol. The molecule has 1 fully saturated rings. The maximum atomic E-state index is 3.77. The van der Waals surface area contributed by atoms with E-state index in [4.69, 9.17) is 0 Å². The third kappa shape index (κ3) is 2.79. The van der Waals surface area contributed by atoms with Crippen molar-refractivity contribution in [3.8, 4) is 0 Å². The number of thiophene rings is 1. The van der Waals surface area contributed by atoms with Gasteiger partial charge in [0, 0.05) is 31.2 Å². The molecule has 0 amide bonds. The molecule has 1 aliphatic heterocycles. The number of aryl methyl sites for hydroxylation is 1. The molecule has 1 unspecified atom stereocenters. The van der Waals surface area contributed by atoms with Crippen LogP contribution >= 0.6 is 11.3 Å². The summed E-state index contributed by atoms with van der Waals surface area (Å²) in [6.45, 7) is 12.6. The lowest BCUT2D eigenvalue weighted by molar-refractivity contribution is 0.0745. The van der Waals surface area contributed by atoms with Gasteiger partial charge in [0.05, 0.1) is 0 Å². The minimum atomic E-state index is 0.330. The Bertz CT molecular complexity index is 382. The van der Waals surface area contributed by atoms with Crippen LogP contribution in [-0.4, -0.2) is 29.6 Å². The molecule has 0 bridgehead atoms. The van der Waals surface area contributed by atoms with Crippen LogP contribution in [0.4, 0.5) is 0 Å². The van der Waals surface area contributed by atoms with Crippen molar-refractivity contribution in [3.05, 3.63) is 21.9 Å². The van der Waals surface area contributed by atoms with Gasteiger partial charge in [0.2, 0.25) is 0 Å². The van der Waals surface area contributed by atoms with Gasteiger partial charge in [-0.2, -0.15) is 11.3 Å². The zero-order valence-corrected chi connectivity index (χ0v) is 12.9. The average Bonchev–Trinajstić information content (AvgIpc) is 2.78. The third-order valence-corrected chi connectivity index (χ3v) is 5.50. The van der Waals surface area contributed by atoms with Crippen molar-refractivity contribution in [3.63, 3.8) is 0 Å². The number of hydrogen-bond acceptors (Lipinski definition) is 3. The summed E-state index contributed by atoms with van der Waals surface area (Å²) in [7, 11) is 0. The lowest BCUT2D eigenvalue weighted by Gasteiger charge is -2.46. The number of rotatable bonds is 4. The Morgan fingerprint density at radius 1 is 1.39 bits per heavy atom. The summed E-state index contributed by atoms with van der Waals surface area (Å²) in [6, 6.07) is 0.635. The van der Waals surface area contributed by atoms with E-state index in [0.717, 1.165) is 13.1 Å². The number of hydrogen-bond donors (Lipinski definition) is 1. The van der Waals surface area contributed by atoms with E-state index in [1.165, 1.54) is 30.5 Å². The van der Waals surface area contributed by atoms with Crippen LogP contribution in [0.2, 0.25) is 0 Å². The monoisotopic (exact) mass is 266 g/mol. The highest BCUT2D eigenvalue weighted by molar-refractivity contribution is 7.08. The molecular formula is C15H26N2S. The SMILES string of the molecule is CCC1(CC)CN(Cc2cscc2C)C(C)CN1. The Hall–Kier alpha value is -0.380. The Morgan fingerprint density at radius 3 is 2.67 bits per heavy atom. The van der Waals surface area contributed by atoms with Gasteiger partial charge < -0.3 is 5.32 Å².